The summed E-state index contributed by atoms with van der Waals surface area (Å²) in [7, 11) is 0. The van der Waals surface area contributed by atoms with Gasteiger partial charge in [-0.25, -0.2) is 0 Å². The molecular formula is C10H14Cl2SSi. The minimum absolute atomic E-state index is 0.943. The number of hydrogen-bond acceptors (Lipinski definition) is 1. The zero-order valence-corrected chi connectivity index (χ0v) is 11.5. The lowest BCUT2D eigenvalue weighted by molar-refractivity contribution is 0.892. The van der Waals surface area contributed by atoms with E-state index in [1.165, 1.54) is 5.56 Å². The average molecular weight is 265 g/mol. The summed E-state index contributed by atoms with van der Waals surface area (Å²) in [5.74, 6) is 0. The first-order valence-corrected chi connectivity index (χ1v) is 9.81. The molecular weight excluding hydrogens is 251 g/mol. The zero-order valence-electron chi connectivity index (χ0n) is 8.13. The molecule has 0 aliphatic carbocycles. The molecule has 0 amide bonds. The maximum absolute atomic E-state index is 6.02. The third-order valence-electron chi connectivity index (χ3n) is 2.05. The topological polar surface area (TPSA) is 0 Å². The van der Waals surface area contributed by atoms with Crippen LogP contribution >= 0.6 is 34.8 Å². The van der Waals surface area contributed by atoms with Gasteiger partial charge in [0.15, 0.2) is 0 Å². The van der Waals surface area contributed by atoms with Gasteiger partial charge in [0.25, 0.3) is 0 Å². The number of benzene rings is 1. The van der Waals surface area contributed by atoms with Gasteiger partial charge in [0.1, 0.15) is 0 Å². The molecule has 4 heteroatoms. The Morgan fingerprint density at radius 1 is 1.29 bits per heavy atom. The van der Waals surface area contributed by atoms with Gasteiger partial charge < -0.3 is 0 Å². The maximum Gasteiger partial charge on any atom is 0.248 e. The molecule has 78 valence electrons. The van der Waals surface area contributed by atoms with Crippen LogP contribution in [-0.4, -0.2) is 6.69 Å². The van der Waals surface area contributed by atoms with Crippen molar-refractivity contribution in [2.45, 2.75) is 30.3 Å². The molecule has 0 aromatic heterocycles. The van der Waals surface area contributed by atoms with E-state index in [1.54, 1.807) is 0 Å². The van der Waals surface area contributed by atoms with Crippen molar-refractivity contribution in [3.63, 3.8) is 0 Å². The Balaban J connectivity index is 2.43. The van der Waals surface area contributed by atoms with Crippen LogP contribution in [0.1, 0.15) is 12.0 Å². The molecule has 0 aliphatic rings. The van der Waals surface area contributed by atoms with E-state index in [2.05, 4.69) is 18.7 Å². The van der Waals surface area contributed by atoms with E-state index in [-0.39, 0.29) is 0 Å². The van der Waals surface area contributed by atoms with E-state index in [9.17, 15) is 0 Å². The van der Waals surface area contributed by atoms with Crippen LogP contribution in [0.4, 0.5) is 0 Å². The van der Waals surface area contributed by atoms with E-state index in [0.29, 0.717) is 0 Å². The molecule has 0 fully saturated rings. The average Bonchev–Trinajstić information content (AvgIpc) is 2.06. The highest BCUT2D eigenvalue weighted by molar-refractivity contribution is 7.80. The van der Waals surface area contributed by atoms with Gasteiger partial charge in [0, 0.05) is 4.90 Å². The Morgan fingerprint density at radius 2 is 1.93 bits per heavy atom. The SMILES string of the molecule is C[Si](Cl)(Cl)CCCc1ccccc1S. The molecule has 0 radical (unpaired) electrons. The van der Waals surface area contributed by atoms with E-state index in [1.807, 2.05) is 24.7 Å². The highest BCUT2D eigenvalue weighted by Gasteiger charge is 2.19. The fourth-order valence-corrected chi connectivity index (χ4v) is 3.18. The summed E-state index contributed by atoms with van der Waals surface area (Å²) in [6.07, 6.45) is 2.06. The summed E-state index contributed by atoms with van der Waals surface area (Å²) in [6, 6.07) is 9.08. The summed E-state index contributed by atoms with van der Waals surface area (Å²) >= 11 is 16.4. The van der Waals surface area contributed by atoms with E-state index >= 15 is 0 Å². The minimum Gasteiger partial charge on any atom is -0.146 e. The molecule has 0 saturated heterocycles. The molecule has 0 aliphatic heterocycles. The predicted molar refractivity (Wildman–Crippen MR) is 70.1 cm³/mol. The second-order valence-electron chi connectivity index (χ2n) is 3.55. The first-order chi connectivity index (χ1) is 6.49. The number of aryl methyl sites for hydroxylation is 1. The predicted octanol–water partition coefficient (Wildman–Crippen LogP) is 4.46. The van der Waals surface area contributed by atoms with Gasteiger partial charge in [-0.2, -0.15) is 0 Å². The van der Waals surface area contributed by atoms with Crippen LogP contribution in [0.5, 0.6) is 0 Å². The lowest BCUT2D eigenvalue weighted by atomic mass is 10.1. The van der Waals surface area contributed by atoms with Crippen LogP contribution in [-0.2, 0) is 6.42 Å². The van der Waals surface area contributed by atoms with Gasteiger partial charge in [-0.1, -0.05) is 18.2 Å². The molecule has 0 N–H and O–H groups in total. The van der Waals surface area contributed by atoms with Gasteiger partial charge in [0.2, 0.25) is 6.69 Å². The van der Waals surface area contributed by atoms with Crippen molar-refractivity contribution in [3.05, 3.63) is 29.8 Å². The molecule has 0 atom stereocenters. The third kappa shape index (κ3) is 4.74. The van der Waals surface area contributed by atoms with Crippen LogP contribution in [0, 0.1) is 0 Å². The van der Waals surface area contributed by atoms with Crippen molar-refractivity contribution < 1.29 is 0 Å². The van der Waals surface area contributed by atoms with Gasteiger partial charge in [-0.05, 0) is 37.1 Å². The number of hydrogen-bond donors (Lipinski definition) is 1. The second kappa shape index (κ2) is 5.45. The molecule has 0 unspecified atom stereocenters. The summed E-state index contributed by atoms with van der Waals surface area (Å²) in [4.78, 5) is 1.06. The maximum atomic E-state index is 6.02. The van der Waals surface area contributed by atoms with Crippen molar-refractivity contribution in [2.75, 3.05) is 0 Å². The van der Waals surface area contributed by atoms with Crippen LogP contribution in [0.3, 0.4) is 0 Å². The molecule has 0 heterocycles. The molecule has 0 spiro atoms. The third-order valence-corrected chi connectivity index (χ3v) is 4.86. The van der Waals surface area contributed by atoms with Crippen LogP contribution in [0.25, 0.3) is 0 Å². The highest BCUT2D eigenvalue weighted by Crippen LogP contribution is 2.24. The summed E-state index contributed by atoms with van der Waals surface area (Å²) in [5.41, 5.74) is 1.28. The van der Waals surface area contributed by atoms with Gasteiger partial charge in [0.05, 0.1) is 0 Å². The van der Waals surface area contributed by atoms with Crippen molar-refractivity contribution in [1.82, 2.24) is 0 Å². The Labute approximate surface area is 101 Å². The fraction of sp³-hybridized carbons (Fsp3) is 0.400. The zero-order chi connectivity index (χ0) is 10.6. The van der Waals surface area contributed by atoms with Gasteiger partial charge >= 0.3 is 0 Å². The van der Waals surface area contributed by atoms with Gasteiger partial charge in [-0.15, -0.1) is 34.8 Å². The van der Waals surface area contributed by atoms with Crippen LogP contribution in [0.15, 0.2) is 29.2 Å². The van der Waals surface area contributed by atoms with E-state index in [0.717, 1.165) is 23.8 Å². The fourth-order valence-electron chi connectivity index (χ4n) is 1.31. The Bertz CT molecular complexity index is 296. The first kappa shape index (κ1) is 12.4. The smallest absolute Gasteiger partial charge is 0.146 e. The molecule has 0 bridgehead atoms. The van der Waals surface area contributed by atoms with Crippen molar-refractivity contribution >= 4 is 41.5 Å². The molecule has 1 rings (SSSR count). The van der Waals surface area contributed by atoms with Gasteiger partial charge in [-0.3, -0.25) is 0 Å². The van der Waals surface area contributed by atoms with Crippen LogP contribution in [0.2, 0.25) is 12.6 Å². The Morgan fingerprint density at radius 3 is 2.50 bits per heavy atom. The second-order valence-corrected chi connectivity index (χ2v) is 12.3. The summed E-state index contributed by atoms with van der Waals surface area (Å²) in [5, 5.41) is 0. The number of halogens is 2. The van der Waals surface area contributed by atoms with E-state index < -0.39 is 6.69 Å². The Kier molecular flexibility index (Phi) is 4.84. The number of thiol groups is 1. The lowest BCUT2D eigenvalue weighted by Crippen LogP contribution is -2.12. The highest BCUT2D eigenvalue weighted by atomic mass is 35.7. The molecule has 1 aromatic carbocycles. The minimum atomic E-state index is -1.91. The van der Waals surface area contributed by atoms with Crippen molar-refractivity contribution in [2.24, 2.45) is 0 Å². The summed E-state index contributed by atoms with van der Waals surface area (Å²) < 4.78 is 0. The summed E-state index contributed by atoms with van der Waals surface area (Å²) in [6.45, 7) is 0.0521. The monoisotopic (exact) mass is 264 g/mol. The van der Waals surface area contributed by atoms with Crippen LogP contribution < -0.4 is 0 Å². The molecule has 0 nitrogen and oxygen atoms in total. The van der Waals surface area contributed by atoms with E-state index in [4.69, 9.17) is 22.2 Å². The quantitative estimate of drug-likeness (QED) is 0.464. The molecule has 1 aromatic rings. The molecule has 14 heavy (non-hydrogen) atoms. The van der Waals surface area contributed by atoms with Crippen molar-refractivity contribution in [3.8, 4) is 0 Å². The normalized spacial score (nSPS) is 11.7. The molecule has 0 saturated carbocycles. The largest absolute Gasteiger partial charge is 0.248 e. The first-order valence-electron chi connectivity index (χ1n) is 4.64. The van der Waals surface area contributed by atoms with Crippen molar-refractivity contribution in [1.29, 1.82) is 0 Å². The Hall–Kier alpha value is 0.367. The standard InChI is InChI=1S/C10H14Cl2SSi/c1-14(11,12)8-4-6-9-5-2-3-7-10(9)13/h2-3,5,7,13H,4,6,8H2,1H3. The number of rotatable bonds is 4. The lowest BCUT2D eigenvalue weighted by Gasteiger charge is -2.10.